The predicted octanol–water partition coefficient (Wildman–Crippen LogP) is 5.10. The molecule has 5 heteroatoms. The summed E-state index contributed by atoms with van der Waals surface area (Å²) >= 11 is 9.28. The van der Waals surface area contributed by atoms with Gasteiger partial charge in [0.25, 0.3) is 0 Å². The summed E-state index contributed by atoms with van der Waals surface area (Å²) in [6.07, 6.45) is 0.343. The minimum absolute atomic E-state index is 0.217. The largest absolute Gasteiger partial charge is 0.484 e. The van der Waals surface area contributed by atoms with Crippen LogP contribution in [0.25, 0.3) is 0 Å². The van der Waals surface area contributed by atoms with Crippen molar-refractivity contribution in [3.63, 3.8) is 0 Å². The van der Waals surface area contributed by atoms with Gasteiger partial charge < -0.3 is 10.5 Å². The van der Waals surface area contributed by atoms with Crippen molar-refractivity contribution in [1.82, 2.24) is 0 Å². The van der Waals surface area contributed by atoms with Crippen LogP contribution in [0.1, 0.15) is 25.0 Å². The highest BCUT2D eigenvalue weighted by atomic mass is 79.9. The lowest BCUT2D eigenvalue weighted by Crippen LogP contribution is -2.31. The van der Waals surface area contributed by atoms with E-state index in [1.54, 1.807) is 12.1 Å². The maximum absolute atomic E-state index is 13.5. The van der Waals surface area contributed by atoms with Crippen LogP contribution in [0, 0.1) is 5.82 Å². The zero-order valence-corrected chi connectivity index (χ0v) is 13.9. The number of halogens is 3. The van der Waals surface area contributed by atoms with E-state index in [4.69, 9.17) is 22.1 Å². The lowest BCUT2D eigenvalue weighted by molar-refractivity contribution is 0.170. The van der Waals surface area contributed by atoms with Gasteiger partial charge in [-0.15, -0.1) is 0 Å². The third-order valence-electron chi connectivity index (χ3n) is 3.14. The Kier molecular flexibility index (Phi) is 5.62. The molecule has 2 atom stereocenters. The number of ether oxygens (including phenoxy) is 1. The van der Waals surface area contributed by atoms with Gasteiger partial charge in [0.15, 0.2) is 0 Å². The predicted molar refractivity (Wildman–Crippen MR) is 87.2 cm³/mol. The van der Waals surface area contributed by atoms with Gasteiger partial charge in [-0.25, -0.2) is 4.39 Å². The molecule has 2 aromatic rings. The Morgan fingerprint density at radius 2 is 2.05 bits per heavy atom. The Morgan fingerprint density at radius 1 is 1.29 bits per heavy atom. The number of hydrogen-bond donors (Lipinski definition) is 1. The standard InChI is InChI=1S/C16H16BrClFNO/c1-2-15(20)16(10-4-3-5-12(18)6-10)21-14-8-11(17)7-13(19)9-14/h3-9,15-16H,2,20H2,1H3. The average Bonchev–Trinajstić information content (AvgIpc) is 2.43. The maximum Gasteiger partial charge on any atom is 0.139 e. The number of nitrogens with two attached hydrogens (primary N) is 1. The van der Waals surface area contributed by atoms with Gasteiger partial charge >= 0.3 is 0 Å². The summed E-state index contributed by atoms with van der Waals surface area (Å²) in [4.78, 5) is 0. The molecule has 2 aromatic carbocycles. The summed E-state index contributed by atoms with van der Waals surface area (Å²) in [6.45, 7) is 1.98. The van der Waals surface area contributed by atoms with E-state index in [1.807, 2.05) is 25.1 Å². The Hall–Kier alpha value is -1.10. The average molecular weight is 373 g/mol. The molecule has 0 heterocycles. The molecule has 21 heavy (non-hydrogen) atoms. The first-order valence-corrected chi connectivity index (χ1v) is 7.80. The highest BCUT2D eigenvalue weighted by Crippen LogP contribution is 2.29. The molecule has 2 rings (SSSR count). The molecule has 2 unspecified atom stereocenters. The van der Waals surface area contributed by atoms with E-state index >= 15 is 0 Å². The second-order valence-electron chi connectivity index (χ2n) is 4.77. The van der Waals surface area contributed by atoms with Crippen LogP contribution in [-0.4, -0.2) is 6.04 Å². The Balaban J connectivity index is 2.32. The van der Waals surface area contributed by atoms with Crippen molar-refractivity contribution >= 4 is 27.5 Å². The fraction of sp³-hybridized carbons (Fsp3) is 0.250. The monoisotopic (exact) mass is 371 g/mol. The molecule has 0 aliphatic carbocycles. The van der Waals surface area contributed by atoms with Gasteiger partial charge in [0, 0.05) is 21.6 Å². The molecule has 0 aromatic heterocycles. The van der Waals surface area contributed by atoms with Crippen molar-refractivity contribution in [2.45, 2.75) is 25.5 Å². The zero-order chi connectivity index (χ0) is 15.4. The van der Waals surface area contributed by atoms with Gasteiger partial charge in [-0.3, -0.25) is 0 Å². The van der Waals surface area contributed by atoms with E-state index in [1.165, 1.54) is 12.1 Å². The van der Waals surface area contributed by atoms with E-state index in [9.17, 15) is 4.39 Å². The minimum atomic E-state index is -0.387. The fourth-order valence-corrected chi connectivity index (χ4v) is 2.69. The van der Waals surface area contributed by atoms with Crippen molar-refractivity contribution < 1.29 is 9.13 Å². The number of benzene rings is 2. The van der Waals surface area contributed by atoms with Crippen LogP contribution < -0.4 is 10.5 Å². The highest BCUT2D eigenvalue weighted by Gasteiger charge is 2.21. The molecule has 0 saturated heterocycles. The third kappa shape index (κ3) is 4.43. The molecule has 2 nitrogen and oxygen atoms in total. The third-order valence-corrected chi connectivity index (χ3v) is 3.83. The minimum Gasteiger partial charge on any atom is -0.484 e. The van der Waals surface area contributed by atoms with Gasteiger partial charge in [0.05, 0.1) is 0 Å². The summed E-state index contributed by atoms with van der Waals surface area (Å²) in [7, 11) is 0. The molecule has 0 aliphatic rings. The molecular formula is C16H16BrClFNO. The Labute approximate surface area is 137 Å². The first-order chi connectivity index (χ1) is 9.99. The quantitative estimate of drug-likeness (QED) is 0.792. The van der Waals surface area contributed by atoms with E-state index in [-0.39, 0.29) is 18.0 Å². The maximum atomic E-state index is 13.5. The molecule has 0 bridgehead atoms. The van der Waals surface area contributed by atoms with E-state index in [2.05, 4.69) is 15.9 Å². The summed E-state index contributed by atoms with van der Waals surface area (Å²) in [5.41, 5.74) is 7.02. The Morgan fingerprint density at radius 3 is 2.67 bits per heavy atom. The summed E-state index contributed by atoms with van der Waals surface area (Å²) in [6, 6.07) is 11.6. The lowest BCUT2D eigenvalue weighted by atomic mass is 10.0. The van der Waals surface area contributed by atoms with Crippen molar-refractivity contribution in [3.05, 3.63) is 63.3 Å². The topological polar surface area (TPSA) is 35.2 Å². The summed E-state index contributed by atoms with van der Waals surface area (Å²) in [5.74, 6) is 0.0602. The molecule has 0 radical (unpaired) electrons. The van der Waals surface area contributed by atoms with Crippen LogP contribution in [0.5, 0.6) is 5.75 Å². The van der Waals surface area contributed by atoms with E-state index in [0.717, 1.165) is 12.0 Å². The number of hydrogen-bond acceptors (Lipinski definition) is 2. The highest BCUT2D eigenvalue weighted by molar-refractivity contribution is 9.10. The van der Waals surface area contributed by atoms with Crippen molar-refractivity contribution in [1.29, 1.82) is 0 Å². The smallest absolute Gasteiger partial charge is 0.139 e. The van der Waals surface area contributed by atoms with Gasteiger partial charge in [0.1, 0.15) is 17.7 Å². The van der Waals surface area contributed by atoms with E-state index in [0.29, 0.717) is 15.2 Å². The Bertz CT molecular complexity index is 603. The summed E-state index contributed by atoms with van der Waals surface area (Å²) in [5, 5.41) is 0.616. The molecule has 0 saturated carbocycles. The second kappa shape index (κ2) is 7.25. The van der Waals surface area contributed by atoms with Gasteiger partial charge in [-0.1, -0.05) is 46.6 Å². The normalized spacial score (nSPS) is 13.8. The second-order valence-corrected chi connectivity index (χ2v) is 6.12. The fourth-order valence-electron chi connectivity index (χ4n) is 2.04. The SMILES string of the molecule is CCC(N)C(Oc1cc(F)cc(Br)c1)c1cccc(Cl)c1. The van der Waals surface area contributed by atoms with Gasteiger partial charge in [0.2, 0.25) is 0 Å². The number of rotatable bonds is 5. The van der Waals surface area contributed by atoms with Crippen molar-refractivity contribution in [3.8, 4) is 5.75 Å². The molecular weight excluding hydrogens is 357 g/mol. The van der Waals surface area contributed by atoms with Crippen LogP contribution in [0.15, 0.2) is 46.9 Å². The molecule has 0 aliphatic heterocycles. The molecule has 0 fully saturated rings. The van der Waals surface area contributed by atoms with Gasteiger partial charge in [-0.2, -0.15) is 0 Å². The molecule has 0 spiro atoms. The zero-order valence-electron chi connectivity index (χ0n) is 11.5. The lowest BCUT2D eigenvalue weighted by Gasteiger charge is -2.25. The van der Waals surface area contributed by atoms with Crippen LogP contribution in [0.3, 0.4) is 0 Å². The molecule has 0 amide bonds. The van der Waals surface area contributed by atoms with E-state index < -0.39 is 0 Å². The van der Waals surface area contributed by atoms with Gasteiger partial charge in [-0.05, 0) is 36.2 Å². The molecule has 2 N–H and O–H groups in total. The van der Waals surface area contributed by atoms with Crippen molar-refractivity contribution in [2.75, 3.05) is 0 Å². The first-order valence-electron chi connectivity index (χ1n) is 6.63. The van der Waals surface area contributed by atoms with Crippen molar-refractivity contribution in [2.24, 2.45) is 5.73 Å². The molecule has 112 valence electrons. The van der Waals surface area contributed by atoms with Crippen LogP contribution in [-0.2, 0) is 0 Å². The van der Waals surface area contributed by atoms with Crippen LogP contribution in [0.2, 0.25) is 5.02 Å². The van der Waals surface area contributed by atoms with Crippen LogP contribution in [0.4, 0.5) is 4.39 Å². The first kappa shape index (κ1) is 16.3. The van der Waals surface area contributed by atoms with Crippen LogP contribution >= 0.6 is 27.5 Å². The summed E-state index contributed by atoms with van der Waals surface area (Å²) < 4.78 is 20.0.